The number of carbonyl (C=O) groups is 1. The van der Waals surface area contributed by atoms with E-state index in [0.29, 0.717) is 0 Å². The quantitative estimate of drug-likeness (QED) is 0.766. The van der Waals surface area contributed by atoms with E-state index in [1.165, 1.54) is 16.7 Å². The summed E-state index contributed by atoms with van der Waals surface area (Å²) in [6.07, 6.45) is 7.99. The normalized spacial score (nSPS) is 20.6. The van der Waals surface area contributed by atoms with Crippen LogP contribution in [0.25, 0.3) is 6.08 Å². The molecule has 3 nitrogen and oxygen atoms in total. The van der Waals surface area contributed by atoms with Crippen molar-refractivity contribution < 1.29 is 4.79 Å². The maximum absolute atomic E-state index is 12.5. The molecule has 0 radical (unpaired) electrons. The molecule has 0 fully saturated rings. The number of allylic oxidation sites excluding steroid dienone is 1. The smallest absolute Gasteiger partial charge is 0.248 e. The molecule has 0 saturated heterocycles. The van der Waals surface area contributed by atoms with Crippen molar-refractivity contribution in [2.45, 2.75) is 39.7 Å². The third-order valence-corrected chi connectivity index (χ3v) is 3.89. The zero-order valence-electron chi connectivity index (χ0n) is 12.3. The number of carbonyl (C=O) groups excluding carboxylic acids is 1. The van der Waals surface area contributed by atoms with Crippen LogP contribution in [0.3, 0.4) is 0 Å². The predicted molar refractivity (Wildman–Crippen MR) is 81.3 cm³/mol. The first-order valence-electron chi connectivity index (χ1n) is 7.13. The van der Waals surface area contributed by atoms with Crippen molar-refractivity contribution in [3.8, 4) is 0 Å². The minimum atomic E-state index is -0.409. The first-order chi connectivity index (χ1) is 9.48. The van der Waals surface area contributed by atoms with E-state index in [-0.39, 0.29) is 11.9 Å². The van der Waals surface area contributed by atoms with Crippen molar-refractivity contribution >= 4 is 18.2 Å². The first kappa shape index (κ1) is 13.1. The molecule has 1 amide bonds. The summed E-state index contributed by atoms with van der Waals surface area (Å²) in [5, 5.41) is 5.99. The van der Waals surface area contributed by atoms with E-state index >= 15 is 0 Å². The number of hydrogen-bond acceptors (Lipinski definition) is 2. The average Bonchev–Trinajstić information content (AvgIpc) is 3.04. The minimum Gasteiger partial charge on any atom is -0.272 e. The summed E-state index contributed by atoms with van der Waals surface area (Å²) in [6, 6.07) is 6.40. The van der Waals surface area contributed by atoms with Gasteiger partial charge in [-0.05, 0) is 23.1 Å². The van der Waals surface area contributed by atoms with E-state index in [1.54, 1.807) is 5.01 Å². The minimum absolute atomic E-state index is 0.0411. The number of rotatable bonds is 1. The molecule has 1 aliphatic heterocycles. The fourth-order valence-electron chi connectivity index (χ4n) is 2.82. The van der Waals surface area contributed by atoms with Gasteiger partial charge >= 0.3 is 0 Å². The van der Waals surface area contributed by atoms with Crippen LogP contribution in [0.4, 0.5) is 0 Å². The Labute approximate surface area is 120 Å². The van der Waals surface area contributed by atoms with E-state index in [4.69, 9.17) is 0 Å². The van der Waals surface area contributed by atoms with Gasteiger partial charge in [0.2, 0.25) is 5.91 Å². The van der Waals surface area contributed by atoms with Gasteiger partial charge in [0.25, 0.3) is 0 Å². The molecule has 1 aromatic rings. The summed E-state index contributed by atoms with van der Waals surface area (Å²) >= 11 is 0. The number of hydrazone groups is 1. The predicted octanol–water partition coefficient (Wildman–Crippen LogP) is 3.56. The van der Waals surface area contributed by atoms with Crippen molar-refractivity contribution in [3.63, 3.8) is 0 Å². The number of amides is 1. The third kappa shape index (κ3) is 2.07. The SMILES string of the molecule is CC(C)(C)C(=O)N1N=CC[C@H]1c1cccc2c1C=CC2. The summed E-state index contributed by atoms with van der Waals surface area (Å²) in [5.41, 5.74) is 3.42. The lowest BCUT2D eigenvalue weighted by Gasteiger charge is -2.29. The van der Waals surface area contributed by atoms with Gasteiger partial charge in [0.05, 0.1) is 6.04 Å². The third-order valence-electron chi connectivity index (χ3n) is 3.89. The van der Waals surface area contributed by atoms with Gasteiger partial charge in [-0.15, -0.1) is 0 Å². The Bertz CT molecular complexity index is 608. The van der Waals surface area contributed by atoms with Gasteiger partial charge in [0.1, 0.15) is 0 Å². The van der Waals surface area contributed by atoms with Crippen LogP contribution in [0.2, 0.25) is 0 Å². The largest absolute Gasteiger partial charge is 0.272 e. The highest BCUT2D eigenvalue weighted by molar-refractivity contribution is 5.84. The second-order valence-corrected chi connectivity index (χ2v) is 6.48. The molecule has 3 rings (SSSR count). The lowest BCUT2D eigenvalue weighted by Crippen LogP contribution is -2.36. The molecule has 0 spiro atoms. The maximum Gasteiger partial charge on any atom is 0.248 e. The van der Waals surface area contributed by atoms with Crippen LogP contribution in [-0.4, -0.2) is 17.1 Å². The van der Waals surface area contributed by atoms with Gasteiger partial charge in [0, 0.05) is 18.1 Å². The Morgan fingerprint density at radius 1 is 1.35 bits per heavy atom. The average molecular weight is 268 g/mol. The zero-order valence-corrected chi connectivity index (χ0v) is 12.3. The Morgan fingerprint density at radius 2 is 2.15 bits per heavy atom. The highest BCUT2D eigenvalue weighted by Crippen LogP contribution is 2.36. The molecule has 0 unspecified atom stereocenters. The standard InChI is InChI=1S/C17H20N2O/c1-17(2,3)16(20)19-15(10-11-18-19)14-9-5-7-12-6-4-8-13(12)14/h4-5,7-9,11,15H,6,10H2,1-3H3/t15-/m0/s1. The van der Waals surface area contributed by atoms with Crippen LogP contribution < -0.4 is 0 Å². The van der Waals surface area contributed by atoms with E-state index < -0.39 is 5.41 Å². The van der Waals surface area contributed by atoms with Crippen LogP contribution in [-0.2, 0) is 11.2 Å². The highest BCUT2D eigenvalue weighted by atomic mass is 16.2. The van der Waals surface area contributed by atoms with Gasteiger partial charge in [0.15, 0.2) is 0 Å². The Morgan fingerprint density at radius 3 is 2.90 bits per heavy atom. The van der Waals surface area contributed by atoms with Gasteiger partial charge in [-0.2, -0.15) is 5.10 Å². The molecule has 0 saturated carbocycles. The number of benzene rings is 1. The van der Waals surface area contributed by atoms with E-state index in [9.17, 15) is 4.79 Å². The molecule has 1 aromatic carbocycles. The molecular formula is C17H20N2O. The summed E-state index contributed by atoms with van der Waals surface area (Å²) in [5.74, 6) is 0.0795. The highest BCUT2D eigenvalue weighted by Gasteiger charge is 2.35. The van der Waals surface area contributed by atoms with Crippen LogP contribution >= 0.6 is 0 Å². The van der Waals surface area contributed by atoms with E-state index in [0.717, 1.165) is 12.8 Å². The number of hydrogen-bond donors (Lipinski definition) is 0. The zero-order chi connectivity index (χ0) is 14.3. The van der Waals surface area contributed by atoms with Gasteiger partial charge in [-0.1, -0.05) is 51.1 Å². The summed E-state index contributed by atoms with van der Waals surface area (Å²) in [4.78, 5) is 12.5. The lowest BCUT2D eigenvalue weighted by molar-refractivity contribution is -0.141. The van der Waals surface area contributed by atoms with Crippen LogP contribution in [0.15, 0.2) is 29.4 Å². The van der Waals surface area contributed by atoms with Crippen LogP contribution in [0, 0.1) is 5.41 Å². The molecule has 3 heteroatoms. The van der Waals surface area contributed by atoms with Crippen molar-refractivity contribution in [1.29, 1.82) is 0 Å². The second kappa shape index (κ2) is 4.58. The molecule has 0 bridgehead atoms. The molecule has 20 heavy (non-hydrogen) atoms. The monoisotopic (exact) mass is 268 g/mol. The topological polar surface area (TPSA) is 32.7 Å². The molecule has 1 aliphatic carbocycles. The molecule has 1 atom stereocenters. The number of fused-ring (bicyclic) bond motifs is 1. The first-order valence-corrected chi connectivity index (χ1v) is 7.13. The fraction of sp³-hybridized carbons (Fsp3) is 0.412. The van der Waals surface area contributed by atoms with E-state index in [2.05, 4.69) is 35.5 Å². The lowest BCUT2D eigenvalue weighted by atomic mass is 9.92. The van der Waals surface area contributed by atoms with Crippen molar-refractivity contribution in [2.75, 3.05) is 0 Å². The molecule has 0 N–H and O–H groups in total. The summed E-state index contributed by atoms with van der Waals surface area (Å²) in [7, 11) is 0. The van der Waals surface area contributed by atoms with Gasteiger partial charge in [-0.25, -0.2) is 5.01 Å². The maximum atomic E-state index is 12.5. The number of nitrogens with zero attached hydrogens (tertiary/aromatic N) is 2. The Hall–Kier alpha value is -1.90. The van der Waals surface area contributed by atoms with Gasteiger partial charge < -0.3 is 0 Å². The van der Waals surface area contributed by atoms with Crippen LogP contribution in [0.5, 0.6) is 0 Å². The van der Waals surface area contributed by atoms with Crippen molar-refractivity contribution in [1.82, 2.24) is 5.01 Å². The van der Waals surface area contributed by atoms with Crippen LogP contribution in [0.1, 0.15) is 49.9 Å². The van der Waals surface area contributed by atoms with Crippen molar-refractivity contribution in [2.24, 2.45) is 10.5 Å². The second-order valence-electron chi connectivity index (χ2n) is 6.48. The Kier molecular flexibility index (Phi) is 3.00. The van der Waals surface area contributed by atoms with Crippen molar-refractivity contribution in [3.05, 3.63) is 41.0 Å². The Balaban J connectivity index is 1.97. The molecular weight excluding hydrogens is 248 g/mol. The molecule has 1 heterocycles. The van der Waals surface area contributed by atoms with E-state index in [1.807, 2.05) is 27.0 Å². The summed E-state index contributed by atoms with van der Waals surface area (Å²) < 4.78 is 0. The molecule has 104 valence electrons. The summed E-state index contributed by atoms with van der Waals surface area (Å²) in [6.45, 7) is 5.82. The molecule has 0 aromatic heterocycles. The van der Waals surface area contributed by atoms with Gasteiger partial charge in [-0.3, -0.25) is 4.79 Å². The molecule has 2 aliphatic rings. The fourth-order valence-corrected chi connectivity index (χ4v) is 2.82.